The van der Waals surface area contributed by atoms with Crippen LogP contribution in [0.3, 0.4) is 0 Å². The lowest BCUT2D eigenvalue weighted by Gasteiger charge is -2.33. The molecule has 7 heteroatoms. The second kappa shape index (κ2) is 6.20. The van der Waals surface area contributed by atoms with Gasteiger partial charge in [-0.3, -0.25) is 0 Å². The summed E-state index contributed by atoms with van der Waals surface area (Å²) in [7, 11) is 0. The molecule has 1 unspecified atom stereocenters. The summed E-state index contributed by atoms with van der Waals surface area (Å²) < 4.78 is 37.5. The average molecular weight is 315 g/mol. The summed E-state index contributed by atoms with van der Waals surface area (Å²) >= 11 is 5.93. The second-order valence-corrected chi connectivity index (χ2v) is 4.92. The van der Waals surface area contributed by atoms with E-state index in [-0.39, 0.29) is 23.5 Å². The standard InChI is InChI=1S/C12H14ClF3N2.ClH/c13-10-6-8(12(14,15)16)3-4-11(10)18-5-1-2-9(17)7-18;/h3-4,6,9H,1-2,5,7,17H2;1H. The van der Waals surface area contributed by atoms with Crippen molar-refractivity contribution < 1.29 is 13.2 Å². The molecule has 1 fully saturated rings. The fraction of sp³-hybridized carbons (Fsp3) is 0.500. The Labute approximate surface area is 121 Å². The fourth-order valence-corrected chi connectivity index (χ4v) is 2.47. The third kappa shape index (κ3) is 3.91. The van der Waals surface area contributed by atoms with Crippen LogP contribution in [0.15, 0.2) is 18.2 Å². The van der Waals surface area contributed by atoms with Gasteiger partial charge in [-0.1, -0.05) is 11.6 Å². The van der Waals surface area contributed by atoms with E-state index >= 15 is 0 Å². The number of benzene rings is 1. The molecule has 2 nitrogen and oxygen atoms in total. The minimum atomic E-state index is -4.36. The number of rotatable bonds is 1. The molecule has 0 bridgehead atoms. The van der Waals surface area contributed by atoms with Crippen LogP contribution in [0.4, 0.5) is 18.9 Å². The third-order valence-electron chi connectivity index (χ3n) is 3.07. The highest BCUT2D eigenvalue weighted by atomic mass is 35.5. The van der Waals surface area contributed by atoms with Crippen molar-refractivity contribution in [2.45, 2.75) is 25.1 Å². The summed E-state index contributed by atoms with van der Waals surface area (Å²) in [6.07, 6.45) is -2.49. The lowest BCUT2D eigenvalue weighted by molar-refractivity contribution is -0.137. The van der Waals surface area contributed by atoms with Gasteiger partial charge in [0.1, 0.15) is 0 Å². The van der Waals surface area contributed by atoms with Gasteiger partial charge in [0, 0.05) is 19.1 Å². The quantitative estimate of drug-likeness (QED) is 0.856. The first kappa shape index (κ1) is 16.4. The van der Waals surface area contributed by atoms with Crippen molar-refractivity contribution in [3.05, 3.63) is 28.8 Å². The Morgan fingerprint density at radius 1 is 1.32 bits per heavy atom. The number of halogens is 5. The van der Waals surface area contributed by atoms with E-state index in [0.717, 1.165) is 31.5 Å². The highest BCUT2D eigenvalue weighted by molar-refractivity contribution is 6.33. The zero-order chi connectivity index (χ0) is 13.3. The van der Waals surface area contributed by atoms with Crippen LogP contribution >= 0.6 is 24.0 Å². The number of hydrogen-bond donors (Lipinski definition) is 1. The van der Waals surface area contributed by atoms with E-state index in [1.807, 2.05) is 4.90 Å². The van der Waals surface area contributed by atoms with Gasteiger partial charge in [0.15, 0.2) is 0 Å². The number of piperidine rings is 1. The van der Waals surface area contributed by atoms with E-state index < -0.39 is 11.7 Å². The zero-order valence-electron chi connectivity index (χ0n) is 10.1. The van der Waals surface area contributed by atoms with Crippen LogP contribution in [0.2, 0.25) is 5.02 Å². The summed E-state index contributed by atoms with van der Waals surface area (Å²) in [5.41, 5.74) is 5.75. The monoisotopic (exact) mass is 314 g/mol. The van der Waals surface area contributed by atoms with E-state index in [2.05, 4.69) is 0 Å². The number of alkyl halides is 3. The highest BCUT2D eigenvalue weighted by Crippen LogP contribution is 2.35. The molecule has 1 atom stereocenters. The molecule has 1 aromatic rings. The molecule has 0 radical (unpaired) electrons. The second-order valence-electron chi connectivity index (χ2n) is 4.51. The molecular formula is C12H15Cl2F3N2. The van der Waals surface area contributed by atoms with E-state index in [9.17, 15) is 13.2 Å². The van der Waals surface area contributed by atoms with Gasteiger partial charge in [0.05, 0.1) is 16.3 Å². The van der Waals surface area contributed by atoms with Crippen LogP contribution in [0.25, 0.3) is 0 Å². The van der Waals surface area contributed by atoms with E-state index in [1.54, 1.807) is 0 Å². The number of nitrogens with two attached hydrogens (primary N) is 1. The van der Waals surface area contributed by atoms with Gasteiger partial charge in [-0.05, 0) is 31.0 Å². The van der Waals surface area contributed by atoms with Gasteiger partial charge in [-0.25, -0.2) is 0 Å². The largest absolute Gasteiger partial charge is 0.416 e. The lowest BCUT2D eigenvalue weighted by Crippen LogP contribution is -2.42. The van der Waals surface area contributed by atoms with Gasteiger partial charge in [-0.2, -0.15) is 13.2 Å². The summed E-state index contributed by atoms with van der Waals surface area (Å²) in [6, 6.07) is 3.50. The molecule has 1 aromatic carbocycles. The van der Waals surface area contributed by atoms with Crippen molar-refractivity contribution in [3.8, 4) is 0 Å². The van der Waals surface area contributed by atoms with E-state index in [1.165, 1.54) is 6.07 Å². The topological polar surface area (TPSA) is 29.3 Å². The summed E-state index contributed by atoms with van der Waals surface area (Å²) in [5, 5.41) is 0.124. The van der Waals surface area contributed by atoms with Gasteiger partial charge < -0.3 is 10.6 Å². The zero-order valence-corrected chi connectivity index (χ0v) is 11.7. The summed E-state index contributed by atoms with van der Waals surface area (Å²) in [4.78, 5) is 1.94. The maximum atomic E-state index is 12.5. The maximum absolute atomic E-state index is 12.5. The maximum Gasteiger partial charge on any atom is 0.416 e. The molecule has 1 saturated heterocycles. The Balaban J connectivity index is 0.00000180. The molecular weight excluding hydrogens is 300 g/mol. The Morgan fingerprint density at radius 3 is 2.53 bits per heavy atom. The predicted octanol–water partition coefficient (Wildman–Crippen LogP) is 3.71. The number of hydrogen-bond acceptors (Lipinski definition) is 2. The van der Waals surface area contributed by atoms with Crippen LogP contribution in [0.1, 0.15) is 18.4 Å². The smallest absolute Gasteiger partial charge is 0.369 e. The van der Waals surface area contributed by atoms with Crippen LogP contribution < -0.4 is 10.6 Å². The van der Waals surface area contributed by atoms with Crippen molar-refractivity contribution in [1.82, 2.24) is 0 Å². The molecule has 1 heterocycles. The summed E-state index contributed by atoms with van der Waals surface area (Å²) in [6.45, 7) is 1.41. The Morgan fingerprint density at radius 2 is 2.00 bits per heavy atom. The van der Waals surface area contributed by atoms with Crippen molar-refractivity contribution in [2.75, 3.05) is 18.0 Å². The Kier molecular flexibility index (Phi) is 5.35. The van der Waals surface area contributed by atoms with Crippen LogP contribution in [-0.2, 0) is 6.18 Å². The highest BCUT2D eigenvalue weighted by Gasteiger charge is 2.31. The van der Waals surface area contributed by atoms with Crippen LogP contribution in [0.5, 0.6) is 0 Å². The molecule has 2 rings (SSSR count). The normalized spacial score (nSPS) is 20.1. The molecule has 2 N–H and O–H groups in total. The molecule has 0 aliphatic carbocycles. The molecule has 0 aromatic heterocycles. The fourth-order valence-electron chi connectivity index (χ4n) is 2.17. The first-order valence-electron chi connectivity index (χ1n) is 5.75. The molecule has 0 saturated carbocycles. The summed E-state index contributed by atoms with van der Waals surface area (Å²) in [5.74, 6) is 0. The Hall–Kier alpha value is -0.650. The molecule has 0 spiro atoms. The van der Waals surface area contributed by atoms with Crippen molar-refractivity contribution in [3.63, 3.8) is 0 Å². The van der Waals surface area contributed by atoms with E-state index in [0.29, 0.717) is 12.2 Å². The van der Waals surface area contributed by atoms with Gasteiger partial charge >= 0.3 is 6.18 Å². The minimum Gasteiger partial charge on any atom is -0.369 e. The van der Waals surface area contributed by atoms with Crippen LogP contribution in [-0.4, -0.2) is 19.1 Å². The average Bonchev–Trinajstić information content (AvgIpc) is 2.27. The van der Waals surface area contributed by atoms with Gasteiger partial charge in [-0.15, -0.1) is 12.4 Å². The molecule has 1 aliphatic rings. The molecule has 108 valence electrons. The SMILES string of the molecule is Cl.NC1CCCN(c2ccc(C(F)(F)F)cc2Cl)C1. The van der Waals surface area contributed by atoms with Crippen LogP contribution in [0, 0.1) is 0 Å². The van der Waals surface area contributed by atoms with Gasteiger partial charge in [0.2, 0.25) is 0 Å². The van der Waals surface area contributed by atoms with E-state index in [4.69, 9.17) is 17.3 Å². The van der Waals surface area contributed by atoms with Crippen molar-refractivity contribution in [2.24, 2.45) is 5.73 Å². The number of anilines is 1. The first-order valence-corrected chi connectivity index (χ1v) is 6.13. The minimum absolute atomic E-state index is 0. The predicted molar refractivity (Wildman–Crippen MR) is 73.1 cm³/mol. The molecule has 0 amide bonds. The molecule has 19 heavy (non-hydrogen) atoms. The first-order chi connectivity index (χ1) is 8.38. The van der Waals surface area contributed by atoms with Gasteiger partial charge in [0.25, 0.3) is 0 Å². The third-order valence-corrected chi connectivity index (χ3v) is 3.38. The van der Waals surface area contributed by atoms with Crippen molar-refractivity contribution in [1.29, 1.82) is 0 Å². The molecule has 1 aliphatic heterocycles. The number of nitrogens with zero attached hydrogens (tertiary/aromatic N) is 1. The van der Waals surface area contributed by atoms with Crippen molar-refractivity contribution >= 4 is 29.7 Å². The Bertz CT molecular complexity index is 437. The lowest BCUT2D eigenvalue weighted by atomic mass is 10.1.